The van der Waals surface area contributed by atoms with Crippen molar-refractivity contribution in [3.8, 4) is 0 Å². The van der Waals surface area contributed by atoms with Crippen molar-refractivity contribution in [1.82, 2.24) is 0 Å². The number of carboxylic acids is 1. The van der Waals surface area contributed by atoms with Gasteiger partial charge in [-0.25, -0.2) is 0 Å². The number of unbranched alkanes of at least 4 members (excludes halogenated alkanes) is 2. The predicted octanol–water partition coefficient (Wildman–Crippen LogP) is 3.35. The Morgan fingerprint density at radius 1 is 0.880 bits per heavy atom. The lowest BCUT2D eigenvalue weighted by Crippen LogP contribution is -2.25. The Bertz CT molecular complexity index is 414. The number of carbonyl (C=O) groups is 1. The smallest absolute Gasteiger partial charge is 0.303 e. The van der Waals surface area contributed by atoms with E-state index < -0.39 is 24.3 Å². The largest absolute Gasteiger partial charge is 0.481 e. The van der Waals surface area contributed by atoms with Gasteiger partial charge in [-0.2, -0.15) is 0 Å². The number of hydrogen-bond acceptors (Lipinski definition) is 4. The molecular weight excluding hydrogens is 320 g/mol. The summed E-state index contributed by atoms with van der Waals surface area (Å²) >= 11 is 0. The number of aliphatic hydroxyl groups is 3. The Hall–Kier alpha value is -1.43. The summed E-state index contributed by atoms with van der Waals surface area (Å²) in [5.41, 5.74) is 0. The molecule has 0 fully saturated rings. The molecular formula is C20H34O5. The van der Waals surface area contributed by atoms with Crippen molar-refractivity contribution in [1.29, 1.82) is 0 Å². The summed E-state index contributed by atoms with van der Waals surface area (Å²) in [4.78, 5) is 10.4. The molecule has 5 nitrogen and oxygen atoms in total. The summed E-state index contributed by atoms with van der Waals surface area (Å²) in [7, 11) is 0. The molecule has 0 heterocycles. The van der Waals surface area contributed by atoms with Crippen molar-refractivity contribution < 1.29 is 25.2 Å². The van der Waals surface area contributed by atoms with Crippen molar-refractivity contribution in [2.75, 3.05) is 0 Å². The van der Waals surface area contributed by atoms with Crippen LogP contribution in [0.1, 0.15) is 64.7 Å². The zero-order chi connectivity index (χ0) is 18.9. The molecule has 5 heteroatoms. The Balaban J connectivity index is 3.80. The molecule has 3 unspecified atom stereocenters. The van der Waals surface area contributed by atoms with E-state index in [1.165, 1.54) is 0 Å². The third kappa shape index (κ3) is 15.8. The lowest BCUT2D eigenvalue weighted by Gasteiger charge is -2.16. The van der Waals surface area contributed by atoms with Gasteiger partial charge in [-0.05, 0) is 32.1 Å². The van der Waals surface area contributed by atoms with Crippen LogP contribution in [-0.2, 0) is 4.79 Å². The molecule has 0 spiro atoms. The molecule has 4 N–H and O–H groups in total. The summed E-state index contributed by atoms with van der Waals surface area (Å²) in [6, 6.07) is 0. The van der Waals surface area contributed by atoms with E-state index in [1.54, 1.807) is 6.08 Å². The van der Waals surface area contributed by atoms with Crippen LogP contribution in [0.5, 0.6) is 0 Å². The van der Waals surface area contributed by atoms with E-state index in [0.717, 1.165) is 25.7 Å². The fourth-order valence-corrected chi connectivity index (χ4v) is 2.31. The molecule has 0 amide bonds. The average Bonchev–Trinajstić information content (AvgIpc) is 2.56. The van der Waals surface area contributed by atoms with E-state index in [1.807, 2.05) is 30.4 Å². The van der Waals surface area contributed by atoms with Crippen LogP contribution in [0.15, 0.2) is 36.5 Å². The number of hydrogen-bond donors (Lipinski definition) is 4. The number of allylic oxidation sites excluding steroid dienone is 5. The maximum atomic E-state index is 10.4. The van der Waals surface area contributed by atoms with Crippen LogP contribution in [0.2, 0.25) is 0 Å². The normalized spacial score (nSPS) is 16.0. The van der Waals surface area contributed by atoms with E-state index in [0.29, 0.717) is 25.7 Å². The van der Waals surface area contributed by atoms with Crippen LogP contribution < -0.4 is 0 Å². The standard InChI is InChI=1S/C20H34O5/c1-2-3-8-12-17(21)13-9-6-4-5-7-10-14-18(22)19(23)15-11-16-20(24)25/h4-7,9,13,17-19,21-23H,2-3,8,10-12,14-16H2,1H3,(H,24,25)/b6-4+,7-5+,13-9+. The highest BCUT2D eigenvalue weighted by Crippen LogP contribution is 2.10. The highest BCUT2D eigenvalue weighted by molar-refractivity contribution is 5.66. The van der Waals surface area contributed by atoms with Gasteiger partial charge in [0.05, 0.1) is 18.3 Å². The van der Waals surface area contributed by atoms with Crippen molar-refractivity contribution in [2.45, 2.75) is 83.0 Å². The van der Waals surface area contributed by atoms with Gasteiger partial charge in [-0.15, -0.1) is 0 Å². The van der Waals surface area contributed by atoms with Gasteiger partial charge in [-0.1, -0.05) is 62.6 Å². The van der Waals surface area contributed by atoms with Gasteiger partial charge in [-0.3, -0.25) is 4.79 Å². The first kappa shape index (κ1) is 23.6. The predicted molar refractivity (Wildman–Crippen MR) is 100 cm³/mol. The van der Waals surface area contributed by atoms with E-state index in [4.69, 9.17) is 5.11 Å². The average molecular weight is 354 g/mol. The van der Waals surface area contributed by atoms with Gasteiger partial charge in [0.15, 0.2) is 0 Å². The molecule has 0 aromatic heterocycles. The molecule has 0 saturated carbocycles. The Morgan fingerprint density at radius 2 is 1.56 bits per heavy atom. The van der Waals surface area contributed by atoms with E-state index in [-0.39, 0.29) is 6.42 Å². The second-order valence-electron chi connectivity index (χ2n) is 6.26. The minimum Gasteiger partial charge on any atom is -0.481 e. The van der Waals surface area contributed by atoms with E-state index >= 15 is 0 Å². The molecule has 0 aliphatic carbocycles. The molecule has 144 valence electrons. The lowest BCUT2D eigenvalue weighted by atomic mass is 10.0. The quantitative estimate of drug-likeness (QED) is 0.267. The summed E-state index contributed by atoms with van der Waals surface area (Å²) in [5.74, 6) is -0.890. The number of aliphatic hydroxyl groups excluding tert-OH is 3. The van der Waals surface area contributed by atoms with Gasteiger partial charge in [0, 0.05) is 6.42 Å². The highest BCUT2D eigenvalue weighted by Gasteiger charge is 2.15. The summed E-state index contributed by atoms with van der Waals surface area (Å²) < 4.78 is 0. The molecule has 0 aromatic carbocycles. The first-order valence-corrected chi connectivity index (χ1v) is 9.23. The number of aliphatic carboxylic acids is 1. The maximum absolute atomic E-state index is 10.4. The zero-order valence-corrected chi connectivity index (χ0v) is 15.3. The van der Waals surface area contributed by atoms with Crippen LogP contribution in [-0.4, -0.2) is 44.7 Å². The van der Waals surface area contributed by atoms with Crippen molar-refractivity contribution in [3.63, 3.8) is 0 Å². The van der Waals surface area contributed by atoms with Crippen molar-refractivity contribution >= 4 is 5.97 Å². The summed E-state index contributed by atoms with van der Waals surface area (Å²) in [5, 5.41) is 37.7. The first-order valence-electron chi connectivity index (χ1n) is 9.23. The first-order chi connectivity index (χ1) is 12.0. The fraction of sp³-hybridized carbons (Fsp3) is 0.650. The van der Waals surface area contributed by atoms with Crippen LogP contribution in [0, 0.1) is 0 Å². The minimum atomic E-state index is -0.890. The fourth-order valence-electron chi connectivity index (χ4n) is 2.31. The topological polar surface area (TPSA) is 98.0 Å². The summed E-state index contributed by atoms with van der Waals surface area (Å²) in [6.45, 7) is 2.14. The van der Waals surface area contributed by atoms with Crippen molar-refractivity contribution in [2.24, 2.45) is 0 Å². The van der Waals surface area contributed by atoms with E-state index in [9.17, 15) is 20.1 Å². The van der Waals surface area contributed by atoms with Gasteiger partial charge >= 0.3 is 5.97 Å². The molecule has 0 aliphatic heterocycles. The Kier molecular flexibility index (Phi) is 15.1. The van der Waals surface area contributed by atoms with Crippen LogP contribution in [0.25, 0.3) is 0 Å². The maximum Gasteiger partial charge on any atom is 0.303 e. The zero-order valence-electron chi connectivity index (χ0n) is 15.3. The van der Waals surface area contributed by atoms with Gasteiger partial charge in [0.1, 0.15) is 0 Å². The Morgan fingerprint density at radius 3 is 2.24 bits per heavy atom. The van der Waals surface area contributed by atoms with Gasteiger partial charge in [0.2, 0.25) is 0 Å². The van der Waals surface area contributed by atoms with Crippen LogP contribution >= 0.6 is 0 Å². The molecule has 3 atom stereocenters. The Labute approximate surface area is 151 Å². The SMILES string of the molecule is CCCCCC(O)/C=C/C=C/C=C/CCC(O)C(O)CCCC(=O)O. The summed E-state index contributed by atoms with van der Waals surface area (Å²) in [6.07, 6.45) is 14.8. The molecule has 0 radical (unpaired) electrons. The van der Waals surface area contributed by atoms with E-state index in [2.05, 4.69) is 6.92 Å². The molecule has 0 saturated heterocycles. The molecule has 0 bridgehead atoms. The molecule has 25 heavy (non-hydrogen) atoms. The second kappa shape index (κ2) is 16.1. The minimum absolute atomic E-state index is 0.00922. The second-order valence-corrected chi connectivity index (χ2v) is 6.26. The van der Waals surface area contributed by atoms with Crippen LogP contribution in [0.3, 0.4) is 0 Å². The molecule has 0 aliphatic rings. The van der Waals surface area contributed by atoms with Crippen LogP contribution in [0.4, 0.5) is 0 Å². The number of rotatable bonds is 15. The third-order valence-electron chi connectivity index (χ3n) is 3.87. The third-order valence-corrected chi connectivity index (χ3v) is 3.87. The molecule has 0 rings (SSSR count). The highest BCUT2D eigenvalue weighted by atomic mass is 16.4. The van der Waals surface area contributed by atoms with Crippen molar-refractivity contribution in [3.05, 3.63) is 36.5 Å². The monoisotopic (exact) mass is 354 g/mol. The van der Waals surface area contributed by atoms with Gasteiger partial charge in [0.25, 0.3) is 0 Å². The number of carboxylic acid groups (broad SMARTS) is 1. The van der Waals surface area contributed by atoms with Gasteiger partial charge < -0.3 is 20.4 Å². The lowest BCUT2D eigenvalue weighted by molar-refractivity contribution is -0.137. The molecule has 0 aromatic rings.